The van der Waals surface area contributed by atoms with Gasteiger partial charge >= 0.3 is 11.7 Å². The van der Waals surface area contributed by atoms with Gasteiger partial charge in [0, 0.05) is 42.8 Å². The highest BCUT2D eigenvalue weighted by Crippen LogP contribution is 2.27. The molecule has 0 aliphatic rings. The predicted molar refractivity (Wildman–Crippen MR) is 123 cm³/mol. The molecule has 0 aliphatic carbocycles. The Labute approximate surface area is 187 Å². The van der Waals surface area contributed by atoms with Crippen molar-refractivity contribution in [2.45, 2.75) is 32.4 Å². The van der Waals surface area contributed by atoms with Crippen LogP contribution in [-0.4, -0.2) is 34.5 Å². The standard InChI is InChI=1S/C23H25FN2O5S/c1-13(2)32(29)25-19-8-6-7-15(21(19)24)11-18-14(3)17-10-9-16(30-23(28)26(4)5)12-20(17)31-22(18)27/h6-10,12-13,25H,11H2,1-5H3. The van der Waals surface area contributed by atoms with Crippen LogP contribution < -0.4 is 15.1 Å². The number of amides is 1. The van der Waals surface area contributed by atoms with Gasteiger partial charge in [0.25, 0.3) is 0 Å². The van der Waals surface area contributed by atoms with Crippen molar-refractivity contribution in [2.75, 3.05) is 18.8 Å². The molecule has 0 radical (unpaired) electrons. The number of benzene rings is 2. The molecule has 1 atom stereocenters. The minimum atomic E-state index is -1.43. The van der Waals surface area contributed by atoms with Gasteiger partial charge in [-0.15, -0.1) is 0 Å². The van der Waals surface area contributed by atoms with E-state index in [1.165, 1.54) is 17.0 Å². The van der Waals surface area contributed by atoms with Gasteiger partial charge in [0.05, 0.1) is 5.69 Å². The van der Waals surface area contributed by atoms with Gasteiger partial charge in [-0.25, -0.2) is 18.2 Å². The van der Waals surface area contributed by atoms with Gasteiger partial charge in [0.1, 0.15) is 22.3 Å². The summed E-state index contributed by atoms with van der Waals surface area (Å²) >= 11 is 0. The second-order valence-corrected chi connectivity index (χ2v) is 9.56. The summed E-state index contributed by atoms with van der Waals surface area (Å²) < 4.78 is 40.4. The third-order valence-corrected chi connectivity index (χ3v) is 6.19. The molecule has 0 fully saturated rings. The molecule has 32 heavy (non-hydrogen) atoms. The number of hydrogen-bond donors (Lipinski definition) is 1. The van der Waals surface area contributed by atoms with E-state index in [2.05, 4.69) is 4.72 Å². The van der Waals surface area contributed by atoms with Crippen molar-refractivity contribution in [3.8, 4) is 5.75 Å². The maximum Gasteiger partial charge on any atom is 0.414 e. The highest BCUT2D eigenvalue weighted by molar-refractivity contribution is 7.86. The van der Waals surface area contributed by atoms with Gasteiger partial charge in [0.2, 0.25) is 0 Å². The second kappa shape index (κ2) is 9.52. The van der Waals surface area contributed by atoms with Crippen LogP contribution in [0.15, 0.2) is 45.6 Å². The molecule has 1 heterocycles. The number of hydrogen-bond acceptors (Lipinski definition) is 5. The Morgan fingerprint density at radius 1 is 1.25 bits per heavy atom. The topological polar surface area (TPSA) is 88.9 Å². The number of rotatable bonds is 6. The number of aryl methyl sites for hydroxylation is 1. The molecule has 0 saturated carbocycles. The van der Waals surface area contributed by atoms with Gasteiger partial charge in [-0.1, -0.05) is 12.1 Å². The van der Waals surface area contributed by atoms with Crippen molar-refractivity contribution < 1.29 is 22.5 Å². The number of fused-ring (bicyclic) bond motifs is 1. The van der Waals surface area contributed by atoms with Crippen LogP contribution >= 0.6 is 0 Å². The lowest BCUT2D eigenvalue weighted by Gasteiger charge is -2.14. The number of nitrogens with zero attached hydrogens (tertiary/aromatic N) is 1. The molecule has 2 aromatic carbocycles. The Hall–Kier alpha value is -3.20. The van der Waals surface area contributed by atoms with Crippen LogP contribution in [0.1, 0.15) is 30.5 Å². The van der Waals surface area contributed by atoms with E-state index in [4.69, 9.17) is 9.15 Å². The smallest absolute Gasteiger partial charge is 0.414 e. The first-order valence-electron chi connectivity index (χ1n) is 9.98. The van der Waals surface area contributed by atoms with E-state index >= 15 is 4.39 Å². The van der Waals surface area contributed by atoms with Crippen molar-refractivity contribution in [3.05, 3.63) is 69.3 Å². The second-order valence-electron chi connectivity index (χ2n) is 7.82. The fourth-order valence-electron chi connectivity index (χ4n) is 3.05. The Morgan fingerprint density at radius 2 is 1.97 bits per heavy atom. The monoisotopic (exact) mass is 460 g/mol. The molecule has 9 heteroatoms. The molecule has 0 spiro atoms. The summed E-state index contributed by atoms with van der Waals surface area (Å²) in [6.45, 7) is 5.29. The molecule has 1 aromatic heterocycles. The van der Waals surface area contributed by atoms with Crippen LogP contribution in [0, 0.1) is 12.7 Å². The predicted octanol–water partition coefficient (Wildman–Crippen LogP) is 4.38. The minimum Gasteiger partial charge on any atom is -0.422 e. The zero-order valence-corrected chi connectivity index (χ0v) is 19.3. The van der Waals surface area contributed by atoms with Gasteiger partial charge in [-0.2, -0.15) is 0 Å². The lowest BCUT2D eigenvalue weighted by Crippen LogP contribution is -2.25. The van der Waals surface area contributed by atoms with E-state index < -0.39 is 28.5 Å². The fraction of sp³-hybridized carbons (Fsp3) is 0.304. The molecule has 0 saturated heterocycles. The van der Waals surface area contributed by atoms with Crippen LogP contribution in [0.4, 0.5) is 14.9 Å². The van der Waals surface area contributed by atoms with Crippen molar-refractivity contribution in [1.82, 2.24) is 4.90 Å². The number of halogens is 1. The molecular weight excluding hydrogens is 435 g/mol. The molecule has 3 aromatic rings. The summed E-state index contributed by atoms with van der Waals surface area (Å²) in [5, 5.41) is 0.467. The average Bonchev–Trinajstić information content (AvgIpc) is 2.73. The first kappa shape index (κ1) is 23.5. The summed E-state index contributed by atoms with van der Waals surface area (Å²) in [5.41, 5.74) is 1.02. The maximum absolute atomic E-state index is 15.0. The molecule has 1 N–H and O–H groups in total. The van der Waals surface area contributed by atoms with Crippen molar-refractivity contribution in [3.63, 3.8) is 0 Å². The quantitative estimate of drug-likeness (QED) is 0.552. The highest BCUT2D eigenvalue weighted by atomic mass is 32.2. The molecule has 1 unspecified atom stereocenters. The largest absolute Gasteiger partial charge is 0.422 e. The van der Waals surface area contributed by atoms with Crippen LogP contribution in [0.5, 0.6) is 5.75 Å². The van der Waals surface area contributed by atoms with E-state index in [0.717, 1.165) is 0 Å². The molecule has 0 aliphatic heterocycles. The minimum absolute atomic E-state index is 0.0111. The Bertz CT molecular complexity index is 1250. The Balaban J connectivity index is 1.96. The summed E-state index contributed by atoms with van der Waals surface area (Å²) in [7, 11) is 1.69. The summed E-state index contributed by atoms with van der Waals surface area (Å²) in [6.07, 6.45) is -0.542. The molecular formula is C23H25FN2O5S. The van der Waals surface area contributed by atoms with Crippen molar-refractivity contribution >= 4 is 33.7 Å². The molecule has 7 nitrogen and oxygen atoms in total. The van der Waals surface area contributed by atoms with Crippen LogP contribution in [0.25, 0.3) is 11.0 Å². The summed E-state index contributed by atoms with van der Waals surface area (Å²) in [6, 6.07) is 9.49. The molecule has 0 bridgehead atoms. The summed E-state index contributed by atoms with van der Waals surface area (Å²) in [5.74, 6) is -0.319. The highest BCUT2D eigenvalue weighted by Gasteiger charge is 2.18. The average molecular weight is 461 g/mol. The number of ether oxygens (including phenoxy) is 1. The van der Waals surface area contributed by atoms with E-state index in [-0.39, 0.29) is 34.3 Å². The SMILES string of the molecule is Cc1c(Cc2cccc(NS(=O)C(C)C)c2F)c(=O)oc2cc(OC(=O)N(C)C)ccc12. The van der Waals surface area contributed by atoms with Crippen LogP contribution in [-0.2, 0) is 17.4 Å². The first-order valence-corrected chi connectivity index (χ1v) is 11.2. The van der Waals surface area contributed by atoms with Crippen LogP contribution in [0.2, 0.25) is 0 Å². The summed E-state index contributed by atoms with van der Waals surface area (Å²) in [4.78, 5) is 25.7. The number of carbonyl (C=O) groups is 1. The number of nitrogens with one attached hydrogen (secondary N) is 1. The van der Waals surface area contributed by atoms with Gasteiger partial charge < -0.3 is 18.8 Å². The Kier molecular flexibility index (Phi) is 6.98. The van der Waals surface area contributed by atoms with Gasteiger partial charge in [-0.05, 0) is 50.1 Å². The van der Waals surface area contributed by atoms with Crippen LogP contribution in [0.3, 0.4) is 0 Å². The third-order valence-electron chi connectivity index (χ3n) is 4.91. The lowest BCUT2D eigenvalue weighted by molar-refractivity contribution is 0.172. The van der Waals surface area contributed by atoms with Crippen molar-refractivity contribution in [2.24, 2.45) is 0 Å². The number of anilines is 1. The van der Waals surface area contributed by atoms with E-state index in [0.29, 0.717) is 16.5 Å². The zero-order valence-electron chi connectivity index (χ0n) is 18.5. The zero-order chi connectivity index (χ0) is 23.6. The third kappa shape index (κ3) is 4.99. The maximum atomic E-state index is 15.0. The molecule has 170 valence electrons. The number of carbonyl (C=O) groups excluding carboxylic acids is 1. The van der Waals surface area contributed by atoms with E-state index in [1.54, 1.807) is 59.1 Å². The van der Waals surface area contributed by atoms with Gasteiger partial charge in [-0.3, -0.25) is 0 Å². The first-order chi connectivity index (χ1) is 15.1. The van der Waals surface area contributed by atoms with E-state index in [1.807, 2.05) is 0 Å². The normalized spacial score (nSPS) is 12.1. The lowest BCUT2D eigenvalue weighted by atomic mass is 9.99. The van der Waals surface area contributed by atoms with Gasteiger partial charge in [0.15, 0.2) is 5.82 Å². The molecule has 3 rings (SSSR count). The van der Waals surface area contributed by atoms with Crippen molar-refractivity contribution in [1.29, 1.82) is 0 Å². The fourth-order valence-corrected chi connectivity index (χ4v) is 3.66. The Morgan fingerprint density at radius 3 is 2.62 bits per heavy atom. The van der Waals surface area contributed by atoms with E-state index in [9.17, 15) is 13.8 Å². The molecule has 1 amide bonds.